The molecule has 2 aliphatic heterocycles. The lowest BCUT2D eigenvalue weighted by Crippen LogP contribution is -2.40. The van der Waals surface area contributed by atoms with Crippen LogP contribution < -0.4 is 10.6 Å². The summed E-state index contributed by atoms with van der Waals surface area (Å²) in [4.78, 5) is 21.8. The van der Waals surface area contributed by atoms with Crippen molar-refractivity contribution in [1.82, 2.24) is 19.9 Å². The highest BCUT2D eigenvalue weighted by Gasteiger charge is 2.38. The smallest absolute Gasteiger partial charge is 0.179 e. The Hall–Kier alpha value is -2.45. The van der Waals surface area contributed by atoms with Crippen LogP contribution in [0.2, 0.25) is 0 Å². The zero-order chi connectivity index (χ0) is 20.6. The van der Waals surface area contributed by atoms with E-state index in [2.05, 4.69) is 21.8 Å². The summed E-state index contributed by atoms with van der Waals surface area (Å²) >= 11 is 1.59. The van der Waals surface area contributed by atoms with Crippen molar-refractivity contribution >= 4 is 34.6 Å². The number of aryl methyl sites for hydroxylation is 1. The van der Waals surface area contributed by atoms with Crippen molar-refractivity contribution < 1.29 is 4.74 Å². The second kappa shape index (κ2) is 8.00. The highest BCUT2D eigenvalue weighted by molar-refractivity contribution is 7.99. The minimum atomic E-state index is 0.391. The van der Waals surface area contributed by atoms with Gasteiger partial charge in [-0.2, -0.15) is 0 Å². The predicted octanol–water partition coefficient (Wildman–Crippen LogP) is 3.72. The monoisotopic (exact) mass is 422 g/mol. The predicted molar refractivity (Wildman–Crippen MR) is 119 cm³/mol. The number of pyridine rings is 2. The first-order chi connectivity index (χ1) is 14.6. The molecule has 5 rings (SSSR count). The molecule has 0 aliphatic carbocycles. The Balaban J connectivity index is 1.34. The number of ether oxygens (including phenoxy) is 1. The summed E-state index contributed by atoms with van der Waals surface area (Å²) in [7, 11) is 0. The summed E-state index contributed by atoms with van der Waals surface area (Å²) in [6, 6.07) is 5.92. The van der Waals surface area contributed by atoms with Crippen molar-refractivity contribution in [2.45, 2.75) is 42.5 Å². The maximum atomic E-state index is 5.87. The Morgan fingerprint density at radius 3 is 2.77 bits per heavy atom. The summed E-state index contributed by atoms with van der Waals surface area (Å²) in [5.74, 6) is 1.46. The molecule has 5 heterocycles. The molecule has 30 heavy (non-hydrogen) atoms. The van der Waals surface area contributed by atoms with Gasteiger partial charge in [0.2, 0.25) is 0 Å². The van der Waals surface area contributed by atoms with Gasteiger partial charge in [-0.1, -0.05) is 18.7 Å². The molecular formula is C22H26N6OS. The number of fused-ring (bicyclic) bond motifs is 1. The van der Waals surface area contributed by atoms with E-state index < -0.39 is 0 Å². The Bertz CT molecular complexity index is 1060. The third-order valence-corrected chi connectivity index (χ3v) is 7.30. The molecule has 0 atom stereocenters. The van der Waals surface area contributed by atoms with Crippen LogP contribution in [0.5, 0.6) is 0 Å². The molecule has 0 bridgehead atoms. The average Bonchev–Trinajstić information content (AvgIpc) is 3.22. The third-order valence-electron chi connectivity index (χ3n) is 6.26. The van der Waals surface area contributed by atoms with Gasteiger partial charge in [0.25, 0.3) is 0 Å². The van der Waals surface area contributed by atoms with Gasteiger partial charge < -0.3 is 15.4 Å². The van der Waals surface area contributed by atoms with Crippen molar-refractivity contribution in [3.05, 3.63) is 36.2 Å². The van der Waals surface area contributed by atoms with E-state index in [0.717, 1.165) is 72.4 Å². The third kappa shape index (κ3) is 3.81. The quantitative estimate of drug-likeness (QED) is 0.680. The van der Waals surface area contributed by atoms with Crippen LogP contribution in [0.3, 0.4) is 0 Å². The van der Waals surface area contributed by atoms with E-state index in [1.807, 2.05) is 30.6 Å². The molecule has 2 saturated heterocycles. The van der Waals surface area contributed by atoms with Gasteiger partial charge in [-0.25, -0.2) is 19.9 Å². The fourth-order valence-electron chi connectivity index (χ4n) is 4.29. The molecule has 0 amide bonds. The summed E-state index contributed by atoms with van der Waals surface area (Å²) in [5.41, 5.74) is 8.92. The number of nitrogens with two attached hydrogens (primary N) is 1. The molecular weight excluding hydrogens is 396 g/mol. The van der Waals surface area contributed by atoms with E-state index >= 15 is 0 Å². The topological polar surface area (TPSA) is 90.0 Å². The van der Waals surface area contributed by atoms with Gasteiger partial charge in [-0.3, -0.25) is 0 Å². The van der Waals surface area contributed by atoms with Gasteiger partial charge in [0.05, 0.1) is 12.8 Å². The lowest BCUT2D eigenvalue weighted by molar-refractivity contribution is 0.133. The number of nitrogens with zero attached hydrogens (tertiary/aromatic N) is 5. The fourth-order valence-corrected chi connectivity index (χ4v) is 5.30. The van der Waals surface area contributed by atoms with Crippen molar-refractivity contribution in [3.63, 3.8) is 0 Å². The van der Waals surface area contributed by atoms with Gasteiger partial charge in [-0.15, -0.1) is 0 Å². The standard InChI is InChI=1S/C22H26N6OS/c1-2-15-12-24-18(23)11-17(15)30-20-4-3-16-21(27-20)25-13-19(26-16)28-8-5-22(6-9-28)7-10-29-14-22/h3-4,11-13H,2,5-10,14H2,1H3,(H2,23,24). The van der Waals surface area contributed by atoms with Crippen LogP contribution in [0.4, 0.5) is 11.6 Å². The van der Waals surface area contributed by atoms with Gasteiger partial charge >= 0.3 is 0 Å². The van der Waals surface area contributed by atoms with Crippen molar-refractivity contribution in [2.75, 3.05) is 36.9 Å². The second-order valence-corrected chi connectivity index (χ2v) is 9.24. The lowest BCUT2D eigenvalue weighted by Gasteiger charge is -2.38. The van der Waals surface area contributed by atoms with E-state index in [4.69, 9.17) is 20.4 Å². The van der Waals surface area contributed by atoms with Gasteiger partial charge in [0, 0.05) is 30.8 Å². The molecule has 7 nitrogen and oxygen atoms in total. The van der Waals surface area contributed by atoms with E-state index in [9.17, 15) is 0 Å². The summed E-state index contributed by atoms with van der Waals surface area (Å²) < 4.78 is 5.64. The molecule has 3 aromatic heterocycles. The molecule has 2 N–H and O–H groups in total. The van der Waals surface area contributed by atoms with Crippen LogP contribution in [-0.2, 0) is 11.2 Å². The molecule has 2 fully saturated rings. The van der Waals surface area contributed by atoms with Crippen LogP contribution in [0, 0.1) is 5.41 Å². The summed E-state index contributed by atoms with van der Waals surface area (Å²) in [6.07, 6.45) is 8.11. The molecule has 3 aromatic rings. The number of anilines is 2. The molecule has 8 heteroatoms. The van der Waals surface area contributed by atoms with Crippen LogP contribution in [0.15, 0.2) is 40.5 Å². The van der Waals surface area contributed by atoms with Crippen LogP contribution >= 0.6 is 11.8 Å². The van der Waals surface area contributed by atoms with Crippen molar-refractivity contribution in [1.29, 1.82) is 0 Å². The SMILES string of the molecule is CCc1cnc(N)cc1Sc1ccc2nc(N3CCC4(CCOC4)CC3)cnc2n1. The van der Waals surface area contributed by atoms with E-state index in [1.165, 1.54) is 6.42 Å². The van der Waals surface area contributed by atoms with E-state index in [0.29, 0.717) is 16.9 Å². The Labute approximate surface area is 180 Å². The van der Waals surface area contributed by atoms with Gasteiger partial charge in [0.1, 0.15) is 22.2 Å². The number of hydrogen-bond acceptors (Lipinski definition) is 8. The molecule has 2 aliphatic rings. The zero-order valence-electron chi connectivity index (χ0n) is 17.2. The number of aromatic nitrogens is 4. The fraction of sp³-hybridized carbons (Fsp3) is 0.455. The van der Waals surface area contributed by atoms with Gasteiger partial charge in [0.15, 0.2) is 5.65 Å². The molecule has 0 unspecified atom stereocenters. The average molecular weight is 423 g/mol. The van der Waals surface area contributed by atoms with Crippen molar-refractivity contribution in [2.24, 2.45) is 5.41 Å². The van der Waals surface area contributed by atoms with Crippen molar-refractivity contribution in [3.8, 4) is 0 Å². The van der Waals surface area contributed by atoms with Crippen LogP contribution in [0.1, 0.15) is 31.7 Å². The minimum absolute atomic E-state index is 0.391. The highest BCUT2D eigenvalue weighted by atomic mass is 32.2. The lowest BCUT2D eigenvalue weighted by atomic mass is 9.78. The van der Waals surface area contributed by atoms with Crippen LogP contribution in [0.25, 0.3) is 11.2 Å². The minimum Gasteiger partial charge on any atom is -0.384 e. The number of hydrogen-bond donors (Lipinski definition) is 1. The van der Waals surface area contributed by atoms with Gasteiger partial charge in [-0.05, 0) is 54.9 Å². The number of rotatable bonds is 4. The largest absolute Gasteiger partial charge is 0.384 e. The Morgan fingerprint density at radius 2 is 2.00 bits per heavy atom. The second-order valence-electron chi connectivity index (χ2n) is 8.18. The first-order valence-electron chi connectivity index (χ1n) is 10.5. The Kier molecular flexibility index (Phi) is 5.20. The summed E-state index contributed by atoms with van der Waals surface area (Å²) in [5, 5.41) is 0.881. The number of piperidine rings is 1. The molecule has 0 aromatic carbocycles. The van der Waals surface area contributed by atoms with E-state index in [-0.39, 0.29) is 0 Å². The molecule has 0 saturated carbocycles. The zero-order valence-corrected chi connectivity index (χ0v) is 18.0. The molecule has 156 valence electrons. The molecule has 0 radical (unpaired) electrons. The van der Waals surface area contributed by atoms with Crippen LogP contribution in [-0.4, -0.2) is 46.2 Å². The Morgan fingerprint density at radius 1 is 1.13 bits per heavy atom. The maximum absolute atomic E-state index is 5.87. The molecule has 1 spiro atoms. The first kappa shape index (κ1) is 19.5. The highest BCUT2D eigenvalue weighted by Crippen LogP contribution is 2.40. The first-order valence-corrected chi connectivity index (χ1v) is 11.3. The summed E-state index contributed by atoms with van der Waals surface area (Å²) in [6.45, 7) is 5.95. The normalized spacial score (nSPS) is 18.4. The maximum Gasteiger partial charge on any atom is 0.179 e. The van der Waals surface area contributed by atoms with E-state index in [1.54, 1.807) is 11.8 Å². The number of nitrogen functional groups attached to an aromatic ring is 1.